The van der Waals surface area contributed by atoms with E-state index >= 15 is 0 Å². The van der Waals surface area contributed by atoms with E-state index in [1.807, 2.05) is 19.1 Å². The molecule has 1 atom stereocenters. The number of nitrogens with two attached hydrogens (primary N) is 1. The molecular weight excluding hydrogens is 436 g/mol. The Balaban J connectivity index is 1.78. The van der Waals surface area contributed by atoms with Crippen molar-refractivity contribution < 1.29 is 9.47 Å². The van der Waals surface area contributed by atoms with Crippen molar-refractivity contribution in [2.75, 3.05) is 19.0 Å². The Kier molecular flexibility index (Phi) is 6.53. The molecule has 1 unspecified atom stereocenters. The zero-order valence-electron chi connectivity index (χ0n) is 18.6. The standard InChI is InChI=1S/C23H24N8O3/c1-3-34-18-13-15(8-11-17(18)33-2)20(27-16-9-6-14(7-10-16)21(24)25)22-28-23(32)31(30-22)19-5-4-12-26-29-19/h4-13,20,27H,3H2,1-2H3,(H3,24,25)(H,28,30,32). The van der Waals surface area contributed by atoms with Crippen LogP contribution in [-0.4, -0.2) is 44.5 Å². The highest BCUT2D eigenvalue weighted by Crippen LogP contribution is 2.33. The van der Waals surface area contributed by atoms with Crippen LogP contribution in [0.5, 0.6) is 11.5 Å². The van der Waals surface area contributed by atoms with Crippen LogP contribution < -0.4 is 26.2 Å². The third-order valence-electron chi connectivity index (χ3n) is 5.01. The van der Waals surface area contributed by atoms with Crippen molar-refractivity contribution in [1.82, 2.24) is 25.0 Å². The van der Waals surface area contributed by atoms with Crippen LogP contribution in [0.15, 0.2) is 65.6 Å². The molecule has 4 aromatic rings. The van der Waals surface area contributed by atoms with Gasteiger partial charge in [-0.05, 0) is 61.0 Å². The SMILES string of the molecule is CCOc1cc(C(Nc2ccc(C(=N)N)cc2)c2nn(-c3cccnn3)c(=O)[nH]2)ccc1OC. The molecule has 2 aromatic heterocycles. The number of nitrogen functional groups attached to an aromatic ring is 1. The summed E-state index contributed by atoms with van der Waals surface area (Å²) < 4.78 is 12.3. The Labute approximate surface area is 195 Å². The lowest BCUT2D eigenvalue weighted by atomic mass is 10.0. The lowest BCUT2D eigenvalue weighted by Gasteiger charge is -2.20. The van der Waals surface area contributed by atoms with Crippen LogP contribution >= 0.6 is 0 Å². The van der Waals surface area contributed by atoms with E-state index in [0.717, 1.165) is 15.9 Å². The third kappa shape index (κ3) is 4.72. The van der Waals surface area contributed by atoms with Crippen molar-refractivity contribution in [3.8, 4) is 17.3 Å². The molecule has 5 N–H and O–H groups in total. The highest BCUT2D eigenvalue weighted by molar-refractivity contribution is 5.95. The molecule has 11 heteroatoms. The largest absolute Gasteiger partial charge is 0.493 e. The van der Waals surface area contributed by atoms with Crippen LogP contribution in [0.1, 0.15) is 29.9 Å². The minimum Gasteiger partial charge on any atom is -0.493 e. The first-order chi connectivity index (χ1) is 16.5. The molecule has 0 bridgehead atoms. The number of ether oxygens (including phenoxy) is 2. The van der Waals surface area contributed by atoms with E-state index in [2.05, 4.69) is 25.6 Å². The number of hydrogen-bond acceptors (Lipinski definition) is 8. The van der Waals surface area contributed by atoms with Crippen molar-refractivity contribution in [2.24, 2.45) is 5.73 Å². The maximum absolute atomic E-state index is 12.7. The smallest absolute Gasteiger partial charge is 0.349 e. The summed E-state index contributed by atoms with van der Waals surface area (Å²) in [7, 11) is 1.57. The zero-order chi connectivity index (χ0) is 24.1. The number of amidine groups is 1. The predicted octanol–water partition coefficient (Wildman–Crippen LogP) is 2.24. The Hall–Kier alpha value is -4.67. The average molecular weight is 460 g/mol. The van der Waals surface area contributed by atoms with Crippen LogP contribution in [0.4, 0.5) is 5.69 Å². The summed E-state index contributed by atoms with van der Waals surface area (Å²) in [5.74, 6) is 1.79. The van der Waals surface area contributed by atoms with Crippen molar-refractivity contribution in [3.05, 3.63) is 88.2 Å². The van der Waals surface area contributed by atoms with Gasteiger partial charge in [-0.25, -0.2) is 4.79 Å². The van der Waals surface area contributed by atoms with Gasteiger partial charge in [0.15, 0.2) is 23.1 Å². The van der Waals surface area contributed by atoms with Gasteiger partial charge in [-0.1, -0.05) is 6.07 Å². The fourth-order valence-electron chi connectivity index (χ4n) is 3.40. The fourth-order valence-corrected chi connectivity index (χ4v) is 3.40. The number of rotatable bonds is 9. The zero-order valence-corrected chi connectivity index (χ0v) is 18.6. The first-order valence-corrected chi connectivity index (χ1v) is 10.5. The maximum atomic E-state index is 12.7. The molecular formula is C23H24N8O3. The number of nitrogens with zero attached hydrogens (tertiary/aromatic N) is 4. The second kappa shape index (κ2) is 9.86. The van der Waals surface area contributed by atoms with E-state index in [-0.39, 0.29) is 5.84 Å². The molecule has 0 fully saturated rings. The van der Waals surface area contributed by atoms with Gasteiger partial charge in [0.25, 0.3) is 0 Å². The van der Waals surface area contributed by atoms with Crippen molar-refractivity contribution >= 4 is 11.5 Å². The van der Waals surface area contributed by atoms with Crippen molar-refractivity contribution in [3.63, 3.8) is 0 Å². The van der Waals surface area contributed by atoms with Gasteiger partial charge >= 0.3 is 5.69 Å². The summed E-state index contributed by atoms with van der Waals surface area (Å²) in [6, 6.07) is 15.3. The molecule has 2 heterocycles. The minimum atomic E-state index is -0.557. The molecule has 0 saturated heterocycles. The summed E-state index contributed by atoms with van der Waals surface area (Å²) in [6.45, 7) is 2.35. The Bertz CT molecular complexity index is 1330. The molecule has 11 nitrogen and oxygen atoms in total. The molecule has 0 aliphatic rings. The monoisotopic (exact) mass is 460 g/mol. The Morgan fingerprint density at radius 1 is 1.21 bits per heavy atom. The molecule has 0 amide bonds. The first kappa shape index (κ1) is 22.5. The lowest BCUT2D eigenvalue weighted by Crippen LogP contribution is -2.17. The minimum absolute atomic E-state index is 0.0216. The molecule has 0 spiro atoms. The van der Waals surface area contributed by atoms with E-state index in [1.54, 1.807) is 49.6 Å². The van der Waals surface area contributed by atoms with E-state index < -0.39 is 11.7 Å². The Morgan fingerprint density at radius 3 is 2.65 bits per heavy atom. The van der Waals surface area contributed by atoms with Gasteiger partial charge in [0.05, 0.1) is 13.7 Å². The maximum Gasteiger partial charge on any atom is 0.349 e. The second-order valence-corrected chi connectivity index (χ2v) is 7.22. The number of methoxy groups -OCH3 is 1. The summed E-state index contributed by atoms with van der Waals surface area (Å²) >= 11 is 0. The summed E-state index contributed by atoms with van der Waals surface area (Å²) in [4.78, 5) is 15.5. The molecule has 0 radical (unpaired) electrons. The van der Waals surface area contributed by atoms with E-state index in [4.69, 9.17) is 20.6 Å². The number of benzene rings is 2. The van der Waals surface area contributed by atoms with Crippen LogP contribution in [-0.2, 0) is 0 Å². The lowest BCUT2D eigenvalue weighted by molar-refractivity contribution is 0.310. The molecule has 0 saturated carbocycles. The molecule has 2 aromatic carbocycles. The highest BCUT2D eigenvalue weighted by Gasteiger charge is 2.22. The normalized spacial score (nSPS) is 11.6. The fraction of sp³-hybridized carbons (Fsp3) is 0.174. The van der Waals surface area contributed by atoms with Gasteiger partial charge in [0.1, 0.15) is 11.9 Å². The quantitative estimate of drug-likeness (QED) is 0.219. The van der Waals surface area contributed by atoms with Gasteiger partial charge in [0.2, 0.25) is 0 Å². The number of aromatic amines is 1. The average Bonchev–Trinajstić information content (AvgIpc) is 3.24. The Morgan fingerprint density at radius 2 is 2.00 bits per heavy atom. The topological polar surface area (TPSA) is 157 Å². The molecule has 4 rings (SSSR count). The second-order valence-electron chi connectivity index (χ2n) is 7.22. The number of nitrogens with one attached hydrogen (secondary N) is 3. The molecule has 34 heavy (non-hydrogen) atoms. The third-order valence-corrected chi connectivity index (χ3v) is 5.01. The van der Waals surface area contributed by atoms with Gasteiger partial charge in [-0.3, -0.25) is 10.4 Å². The van der Waals surface area contributed by atoms with E-state index in [0.29, 0.717) is 35.3 Å². The summed E-state index contributed by atoms with van der Waals surface area (Å²) in [5.41, 5.74) is 7.23. The van der Waals surface area contributed by atoms with Gasteiger partial charge in [-0.2, -0.15) is 9.78 Å². The number of aromatic nitrogens is 5. The highest BCUT2D eigenvalue weighted by atomic mass is 16.5. The van der Waals surface area contributed by atoms with Crippen LogP contribution in [0, 0.1) is 5.41 Å². The molecule has 0 aliphatic carbocycles. The first-order valence-electron chi connectivity index (χ1n) is 10.5. The van der Waals surface area contributed by atoms with Crippen LogP contribution in [0.25, 0.3) is 5.82 Å². The summed E-state index contributed by atoms with van der Waals surface area (Å²) in [5, 5.41) is 23.2. The number of H-pyrrole nitrogens is 1. The van der Waals surface area contributed by atoms with Crippen LogP contribution in [0.3, 0.4) is 0 Å². The number of hydrogen-bond donors (Lipinski definition) is 4. The van der Waals surface area contributed by atoms with Gasteiger partial charge in [-0.15, -0.1) is 10.2 Å². The van der Waals surface area contributed by atoms with Crippen molar-refractivity contribution in [1.29, 1.82) is 5.41 Å². The molecule has 174 valence electrons. The molecule has 0 aliphatic heterocycles. The van der Waals surface area contributed by atoms with Gasteiger partial charge in [0, 0.05) is 17.4 Å². The predicted molar refractivity (Wildman–Crippen MR) is 127 cm³/mol. The van der Waals surface area contributed by atoms with E-state index in [1.165, 1.54) is 6.20 Å². The number of anilines is 1. The summed E-state index contributed by atoms with van der Waals surface area (Å²) in [6.07, 6.45) is 1.52. The van der Waals surface area contributed by atoms with Crippen LogP contribution in [0.2, 0.25) is 0 Å². The van der Waals surface area contributed by atoms with E-state index in [9.17, 15) is 4.79 Å². The van der Waals surface area contributed by atoms with Crippen molar-refractivity contribution in [2.45, 2.75) is 13.0 Å². The van der Waals surface area contributed by atoms with Gasteiger partial charge < -0.3 is 20.5 Å².